The van der Waals surface area contributed by atoms with E-state index in [-0.39, 0.29) is 11.6 Å². The molecule has 0 saturated heterocycles. The van der Waals surface area contributed by atoms with Gasteiger partial charge in [-0.25, -0.2) is 9.97 Å². The molecule has 0 fully saturated rings. The van der Waals surface area contributed by atoms with E-state index in [4.69, 9.17) is 4.74 Å². The van der Waals surface area contributed by atoms with E-state index >= 15 is 0 Å². The largest absolute Gasteiger partial charge is 0.492 e. The van der Waals surface area contributed by atoms with Gasteiger partial charge in [0.25, 0.3) is 5.91 Å². The first kappa shape index (κ1) is 19.4. The van der Waals surface area contributed by atoms with Crippen molar-refractivity contribution in [1.29, 1.82) is 0 Å². The van der Waals surface area contributed by atoms with Gasteiger partial charge in [0.1, 0.15) is 11.4 Å². The Kier molecular flexibility index (Phi) is 6.22. The van der Waals surface area contributed by atoms with Gasteiger partial charge < -0.3 is 15.4 Å². The Labute approximate surface area is 165 Å². The van der Waals surface area contributed by atoms with Gasteiger partial charge in [-0.3, -0.25) is 4.79 Å². The number of hydrogen-bond acceptors (Lipinski definition) is 5. The molecule has 28 heavy (non-hydrogen) atoms. The number of rotatable bonds is 7. The molecule has 0 radical (unpaired) electrons. The van der Waals surface area contributed by atoms with Crippen molar-refractivity contribution in [3.8, 4) is 5.75 Å². The van der Waals surface area contributed by atoms with Gasteiger partial charge >= 0.3 is 0 Å². The summed E-state index contributed by atoms with van der Waals surface area (Å²) in [4.78, 5) is 21.1. The lowest BCUT2D eigenvalue weighted by Crippen LogP contribution is -2.15. The predicted octanol–water partition coefficient (Wildman–Crippen LogP) is 4.99. The Morgan fingerprint density at radius 2 is 1.82 bits per heavy atom. The van der Waals surface area contributed by atoms with Crippen LogP contribution in [0, 0.1) is 0 Å². The Morgan fingerprint density at radius 3 is 2.54 bits per heavy atom. The molecule has 0 aliphatic carbocycles. The molecule has 0 aliphatic rings. The Bertz CT molecular complexity index is 939. The predicted molar refractivity (Wildman–Crippen MR) is 111 cm³/mol. The van der Waals surface area contributed by atoms with Gasteiger partial charge in [0.15, 0.2) is 0 Å². The summed E-state index contributed by atoms with van der Waals surface area (Å²) in [7, 11) is 0. The molecule has 0 spiro atoms. The van der Waals surface area contributed by atoms with Gasteiger partial charge in [-0.15, -0.1) is 0 Å². The third kappa shape index (κ3) is 4.85. The molecule has 3 rings (SSSR count). The smallest absolute Gasteiger partial charge is 0.274 e. The summed E-state index contributed by atoms with van der Waals surface area (Å²) in [5.74, 6) is 1.13. The number of nitrogens with one attached hydrogen (secondary N) is 2. The van der Waals surface area contributed by atoms with Crippen molar-refractivity contribution in [3.63, 3.8) is 0 Å². The quantitative estimate of drug-likeness (QED) is 0.607. The second kappa shape index (κ2) is 8.99. The van der Waals surface area contributed by atoms with Crippen LogP contribution < -0.4 is 15.4 Å². The summed E-state index contributed by atoms with van der Waals surface area (Å²) in [5, 5.41) is 5.97. The number of amides is 1. The Balaban J connectivity index is 1.73. The summed E-state index contributed by atoms with van der Waals surface area (Å²) in [6.45, 7) is 6.72. The molecule has 0 unspecified atom stereocenters. The average molecular weight is 376 g/mol. The van der Waals surface area contributed by atoms with E-state index < -0.39 is 0 Å². The topological polar surface area (TPSA) is 76.1 Å². The number of anilines is 3. The number of ether oxygens (including phenoxy) is 1. The minimum Gasteiger partial charge on any atom is -0.492 e. The molecule has 0 saturated carbocycles. The fourth-order valence-corrected chi connectivity index (χ4v) is 2.66. The van der Waals surface area contributed by atoms with Crippen LogP contribution in [0.5, 0.6) is 5.75 Å². The maximum Gasteiger partial charge on any atom is 0.274 e. The van der Waals surface area contributed by atoms with Gasteiger partial charge in [-0.05, 0) is 48.7 Å². The fourth-order valence-electron chi connectivity index (χ4n) is 2.66. The van der Waals surface area contributed by atoms with Gasteiger partial charge in [0.2, 0.25) is 5.95 Å². The number of aromatic nitrogens is 2. The Hall–Kier alpha value is -3.41. The normalized spacial score (nSPS) is 10.6. The molecule has 0 atom stereocenters. The monoisotopic (exact) mass is 376 g/mol. The first-order chi connectivity index (χ1) is 13.6. The van der Waals surface area contributed by atoms with Crippen molar-refractivity contribution >= 4 is 23.2 Å². The molecular formula is C22H24N4O2. The molecule has 6 nitrogen and oxygen atoms in total. The van der Waals surface area contributed by atoms with Crippen LogP contribution in [-0.4, -0.2) is 22.5 Å². The van der Waals surface area contributed by atoms with E-state index in [0.717, 1.165) is 5.69 Å². The summed E-state index contributed by atoms with van der Waals surface area (Å²) in [6.07, 6.45) is 1.56. The summed E-state index contributed by atoms with van der Waals surface area (Å²) in [6, 6.07) is 17.0. The zero-order chi connectivity index (χ0) is 19.9. The maximum absolute atomic E-state index is 12.6. The highest BCUT2D eigenvalue weighted by Crippen LogP contribution is 2.24. The molecular weight excluding hydrogens is 352 g/mol. The highest BCUT2D eigenvalue weighted by Gasteiger charge is 2.12. The fraction of sp³-hybridized carbons (Fsp3) is 0.227. The van der Waals surface area contributed by atoms with Gasteiger partial charge in [0.05, 0.1) is 12.3 Å². The highest BCUT2D eigenvalue weighted by atomic mass is 16.5. The molecule has 1 amide bonds. The second-order valence-corrected chi connectivity index (χ2v) is 6.55. The highest BCUT2D eigenvalue weighted by molar-refractivity contribution is 6.03. The van der Waals surface area contributed by atoms with Crippen molar-refractivity contribution in [2.75, 3.05) is 17.2 Å². The number of carbonyl (C=O) groups excluding carboxylic acids is 1. The van der Waals surface area contributed by atoms with Crippen LogP contribution in [0.2, 0.25) is 0 Å². The van der Waals surface area contributed by atoms with E-state index in [0.29, 0.717) is 29.9 Å². The molecule has 2 N–H and O–H groups in total. The number of benzene rings is 2. The van der Waals surface area contributed by atoms with Crippen LogP contribution in [0.4, 0.5) is 17.3 Å². The first-order valence-corrected chi connectivity index (χ1v) is 9.30. The van der Waals surface area contributed by atoms with E-state index in [9.17, 15) is 4.79 Å². The van der Waals surface area contributed by atoms with Crippen molar-refractivity contribution in [2.24, 2.45) is 0 Å². The second-order valence-electron chi connectivity index (χ2n) is 6.55. The maximum atomic E-state index is 12.6. The van der Waals surface area contributed by atoms with E-state index in [1.165, 1.54) is 5.56 Å². The van der Waals surface area contributed by atoms with E-state index in [1.54, 1.807) is 18.3 Å². The van der Waals surface area contributed by atoms with Crippen LogP contribution in [0.15, 0.2) is 60.8 Å². The van der Waals surface area contributed by atoms with Crippen molar-refractivity contribution in [3.05, 3.63) is 72.1 Å². The Morgan fingerprint density at radius 1 is 1.07 bits per heavy atom. The molecule has 1 aromatic heterocycles. The first-order valence-electron chi connectivity index (χ1n) is 9.30. The summed E-state index contributed by atoms with van der Waals surface area (Å²) in [5.41, 5.74) is 2.99. The summed E-state index contributed by atoms with van der Waals surface area (Å²) < 4.78 is 5.54. The molecule has 0 aliphatic heterocycles. The lowest BCUT2D eigenvalue weighted by Gasteiger charge is -2.11. The molecule has 2 aromatic carbocycles. The lowest BCUT2D eigenvalue weighted by atomic mass is 10.0. The van der Waals surface area contributed by atoms with E-state index in [1.807, 2.05) is 37.3 Å². The number of nitrogens with zero attached hydrogens (tertiary/aromatic N) is 2. The zero-order valence-corrected chi connectivity index (χ0v) is 16.3. The van der Waals surface area contributed by atoms with Crippen molar-refractivity contribution < 1.29 is 9.53 Å². The minimum atomic E-state index is -0.326. The molecule has 1 heterocycles. The van der Waals surface area contributed by atoms with Crippen LogP contribution in [0.1, 0.15) is 42.7 Å². The zero-order valence-electron chi connectivity index (χ0n) is 16.3. The summed E-state index contributed by atoms with van der Waals surface area (Å²) >= 11 is 0. The van der Waals surface area contributed by atoms with Gasteiger partial charge in [0, 0.05) is 11.9 Å². The van der Waals surface area contributed by atoms with Crippen LogP contribution in [-0.2, 0) is 0 Å². The van der Waals surface area contributed by atoms with Crippen molar-refractivity contribution in [1.82, 2.24) is 9.97 Å². The average Bonchev–Trinajstić information content (AvgIpc) is 2.70. The van der Waals surface area contributed by atoms with E-state index in [2.05, 4.69) is 46.6 Å². The standard InChI is InChI=1S/C22H24N4O2/c1-4-28-20-8-6-5-7-18(20)25-21(27)19-13-14-23-22(26-19)24-17-11-9-16(10-12-17)15(2)3/h5-15H,4H2,1-3H3,(H,25,27)(H,23,24,26). The number of hydrogen-bond donors (Lipinski definition) is 2. The molecule has 6 heteroatoms. The van der Waals surface area contributed by atoms with Crippen LogP contribution >= 0.6 is 0 Å². The minimum absolute atomic E-state index is 0.266. The van der Waals surface area contributed by atoms with Crippen LogP contribution in [0.25, 0.3) is 0 Å². The third-order valence-corrected chi connectivity index (χ3v) is 4.16. The SMILES string of the molecule is CCOc1ccccc1NC(=O)c1ccnc(Nc2ccc(C(C)C)cc2)n1. The van der Waals surface area contributed by atoms with Crippen molar-refractivity contribution in [2.45, 2.75) is 26.7 Å². The molecule has 0 bridgehead atoms. The van der Waals surface area contributed by atoms with Gasteiger partial charge in [-0.2, -0.15) is 0 Å². The van der Waals surface area contributed by atoms with Gasteiger partial charge in [-0.1, -0.05) is 38.1 Å². The molecule has 3 aromatic rings. The number of para-hydroxylation sites is 2. The van der Waals surface area contributed by atoms with Crippen LogP contribution in [0.3, 0.4) is 0 Å². The third-order valence-electron chi connectivity index (χ3n) is 4.16. The lowest BCUT2D eigenvalue weighted by molar-refractivity contribution is 0.102. The number of carbonyl (C=O) groups is 1. The molecule has 144 valence electrons.